The second-order valence-electron chi connectivity index (χ2n) is 12.3. The average molecular weight is 716 g/mol. The number of carbonyl (C=O) groups is 3. The van der Waals surface area contributed by atoms with E-state index in [9.17, 15) is 23.8 Å². The smallest absolute Gasteiger partial charge is 0.472 e. The number of hydrogen-bond acceptors (Lipinski definition) is 9. The number of ether oxygens (including phenoxy) is 2. The molecule has 0 saturated heterocycles. The molecule has 11 nitrogen and oxygen atoms in total. The summed E-state index contributed by atoms with van der Waals surface area (Å²) in [6.07, 6.45) is 32.2. The zero-order valence-electron chi connectivity index (χ0n) is 30.3. The highest BCUT2D eigenvalue weighted by Gasteiger charge is 2.28. The minimum atomic E-state index is -4.71. The monoisotopic (exact) mass is 715 g/mol. The first kappa shape index (κ1) is 46.7. The van der Waals surface area contributed by atoms with Crippen molar-refractivity contribution in [2.75, 3.05) is 19.8 Å². The van der Waals surface area contributed by atoms with Crippen molar-refractivity contribution in [3.05, 3.63) is 36.5 Å². The van der Waals surface area contributed by atoms with E-state index in [4.69, 9.17) is 24.8 Å². The van der Waals surface area contributed by atoms with Crippen LogP contribution in [0.25, 0.3) is 0 Å². The normalized spacial score (nSPS) is 14.4. The molecule has 0 aliphatic rings. The number of carboxylic acids is 1. The predicted molar refractivity (Wildman–Crippen MR) is 194 cm³/mol. The van der Waals surface area contributed by atoms with Gasteiger partial charge in [0.15, 0.2) is 6.10 Å². The van der Waals surface area contributed by atoms with Crippen molar-refractivity contribution in [2.45, 2.75) is 161 Å². The van der Waals surface area contributed by atoms with Crippen molar-refractivity contribution in [3.63, 3.8) is 0 Å². The van der Waals surface area contributed by atoms with Gasteiger partial charge in [0.1, 0.15) is 12.6 Å². The Balaban J connectivity index is 4.49. The van der Waals surface area contributed by atoms with Crippen molar-refractivity contribution < 1.29 is 47.5 Å². The van der Waals surface area contributed by atoms with Gasteiger partial charge in [0.05, 0.1) is 13.2 Å². The van der Waals surface area contributed by atoms with E-state index in [2.05, 4.69) is 54.8 Å². The maximum atomic E-state index is 12.5. The van der Waals surface area contributed by atoms with Crippen LogP contribution < -0.4 is 5.73 Å². The van der Waals surface area contributed by atoms with Crippen LogP contribution in [0.3, 0.4) is 0 Å². The molecule has 4 N–H and O–H groups in total. The minimum Gasteiger partial charge on any atom is -0.480 e. The highest BCUT2D eigenvalue weighted by Crippen LogP contribution is 2.43. The molecule has 0 bridgehead atoms. The Hall–Kier alpha value is -2.30. The number of nitrogens with two attached hydrogens (primary N) is 1. The van der Waals surface area contributed by atoms with Gasteiger partial charge in [-0.05, 0) is 64.2 Å². The predicted octanol–water partition coefficient (Wildman–Crippen LogP) is 8.89. The van der Waals surface area contributed by atoms with E-state index in [1.807, 2.05) is 0 Å². The number of hydrogen-bond donors (Lipinski definition) is 3. The van der Waals surface area contributed by atoms with Gasteiger partial charge in [-0.2, -0.15) is 0 Å². The fourth-order valence-electron chi connectivity index (χ4n) is 4.62. The lowest BCUT2D eigenvalue weighted by Gasteiger charge is -2.20. The van der Waals surface area contributed by atoms with Crippen LogP contribution in [0.1, 0.15) is 149 Å². The third-order valence-electron chi connectivity index (χ3n) is 7.59. The molecule has 3 atom stereocenters. The molecule has 0 radical (unpaired) electrons. The first-order chi connectivity index (χ1) is 23.6. The molecule has 49 heavy (non-hydrogen) atoms. The third kappa shape index (κ3) is 32.7. The molecule has 284 valence electrons. The van der Waals surface area contributed by atoms with Crippen molar-refractivity contribution in [1.29, 1.82) is 0 Å². The molecule has 0 aliphatic heterocycles. The first-order valence-corrected chi connectivity index (χ1v) is 20.0. The van der Waals surface area contributed by atoms with Crippen LogP contribution in [0.15, 0.2) is 36.5 Å². The van der Waals surface area contributed by atoms with Crippen molar-refractivity contribution >= 4 is 25.7 Å². The van der Waals surface area contributed by atoms with Gasteiger partial charge in [0.25, 0.3) is 0 Å². The van der Waals surface area contributed by atoms with Gasteiger partial charge in [-0.3, -0.25) is 23.4 Å². The summed E-state index contributed by atoms with van der Waals surface area (Å²) in [5.41, 5.74) is 5.31. The van der Waals surface area contributed by atoms with Crippen molar-refractivity contribution in [2.24, 2.45) is 5.73 Å². The summed E-state index contributed by atoms with van der Waals surface area (Å²) < 4.78 is 32.5. The van der Waals surface area contributed by atoms with E-state index in [1.54, 1.807) is 0 Å². The van der Waals surface area contributed by atoms with Gasteiger partial charge in [-0.15, -0.1) is 0 Å². The number of rotatable bonds is 34. The lowest BCUT2D eigenvalue weighted by atomic mass is 10.1. The summed E-state index contributed by atoms with van der Waals surface area (Å²) >= 11 is 0. The van der Waals surface area contributed by atoms with Crippen LogP contribution in [-0.2, 0) is 37.5 Å². The lowest BCUT2D eigenvalue weighted by Crippen LogP contribution is -2.34. The largest absolute Gasteiger partial charge is 0.480 e. The molecule has 0 aliphatic carbocycles. The van der Waals surface area contributed by atoms with Crippen LogP contribution in [0, 0.1) is 0 Å². The zero-order valence-corrected chi connectivity index (χ0v) is 31.2. The molecular weight excluding hydrogens is 649 g/mol. The first-order valence-electron chi connectivity index (χ1n) is 18.5. The molecule has 3 unspecified atom stereocenters. The fourth-order valence-corrected chi connectivity index (χ4v) is 5.40. The average Bonchev–Trinajstić information content (AvgIpc) is 3.07. The highest BCUT2D eigenvalue weighted by atomic mass is 31.2. The van der Waals surface area contributed by atoms with E-state index in [-0.39, 0.29) is 19.4 Å². The quantitative estimate of drug-likeness (QED) is 0.0251. The minimum absolute atomic E-state index is 0.143. The SMILES string of the molecule is CCC/C=C\CCCCCCCC(=O)OCC(COP(=O)(O)OCC(N)C(=O)O)OC(=O)CCCCCCC/C=C\C/C=C\CCCCC. The molecule has 0 aromatic carbocycles. The number of carboxylic acid groups (broad SMARTS) is 1. The molecule has 0 amide bonds. The topological polar surface area (TPSA) is 172 Å². The summed E-state index contributed by atoms with van der Waals surface area (Å²) in [4.78, 5) is 45.6. The summed E-state index contributed by atoms with van der Waals surface area (Å²) in [6, 6.07) is -1.52. The second-order valence-corrected chi connectivity index (χ2v) is 13.8. The van der Waals surface area contributed by atoms with Crippen LogP contribution in [-0.4, -0.2) is 59.9 Å². The van der Waals surface area contributed by atoms with Gasteiger partial charge >= 0.3 is 25.7 Å². The highest BCUT2D eigenvalue weighted by molar-refractivity contribution is 7.47. The van der Waals surface area contributed by atoms with Crippen molar-refractivity contribution in [3.8, 4) is 0 Å². The van der Waals surface area contributed by atoms with Gasteiger partial charge in [0.2, 0.25) is 0 Å². The molecule has 0 heterocycles. The van der Waals surface area contributed by atoms with Crippen LogP contribution in [0.5, 0.6) is 0 Å². The summed E-state index contributed by atoms with van der Waals surface area (Å²) in [5.74, 6) is -2.42. The molecule has 0 fully saturated rings. The van der Waals surface area contributed by atoms with Crippen LogP contribution in [0.4, 0.5) is 0 Å². The molecule has 0 saturated carbocycles. The van der Waals surface area contributed by atoms with Gasteiger partial charge < -0.3 is 25.2 Å². The van der Waals surface area contributed by atoms with Gasteiger partial charge in [0, 0.05) is 12.8 Å². The number of allylic oxidation sites excluding steroid dienone is 6. The summed E-state index contributed by atoms with van der Waals surface area (Å²) in [6.45, 7) is 2.66. The van der Waals surface area contributed by atoms with Gasteiger partial charge in [-0.25, -0.2) is 4.57 Å². The number of esters is 2. The Morgan fingerprint density at radius 1 is 0.633 bits per heavy atom. The number of carbonyl (C=O) groups excluding carboxylic acids is 2. The summed E-state index contributed by atoms with van der Waals surface area (Å²) in [5, 5.41) is 8.84. The third-order valence-corrected chi connectivity index (χ3v) is 8.54. The molecular formula is C37H66NO10P. The molecule has 0 aromatic rings. The fraction of sp³-hybridized carbons (Fsp3) is 0.757. The molecule has 12 heteroatoms. The number of phosphoric acid groups is 1. The van der Waals surface area contributed by atoms with Crippen LogP contribution in [0.2, 0.25) is 0 Å². The van der Waals surface area contributed by atoms with Crippen molar-refractivity contribution in [1.82, 2.24) is 0 Å². The number of unbranched alkanes of at least 4 members (excludes halogenated alkanes) is 14. The Morgan fingerprint density at radius 2 is 1.12 bits per heavy atom. The second kappa shape index (κ2) is 32.9. The maximum absolute atomic E-state index is 12.5. The van der Waals surface area contributed by atoms with E-state index < -0.39 is 51.1 Å². The Kier molecular flexibility index (Phi) is 31.3. The zero-order chi connectivity index (χ0) is 36.4. The Labute approximate surface area is 295 Å². The summed E-state index contributed by atoms with van der Waals surface area (Å²) in [7, 11) is -4.71. The molecule has 0 spiro atoms. The standard InChI is InChI=1S/C37H66NO10P/c1-3-5-7-9-11-13-15-16-17-18-19-21-23-25-27-29-36(40)48-33(31-46-49(43,44)47-32-34(38)37(41)42)30-45-35(39)28-26-24-22-20-14-12-10-8-6-4-2/h8,10-11,13,16-17,33-34H,3-7,9,12,14-15,18-32,38H2,1-2H3,(H,41,42)(H,43,44)/b10-8-,13-11-,17-16-. The Morgan fingerprint density at radius 3 is 1.69 bits per heavy atom. The molecule has 0 rings (SSSR count). The van der Waals surface area contributed by atoms with Crippen LogP contribution >= 0.6 is 7.82 Å². The Bertz CT molecular complexity index is 984. The van der Waals surface area contributed by atoms with E-state index in [0.29, 0.717) is 12.8 Å². The number of phosphoric ester groups is 1. The van der Waals surface area contributed by atoms with E-state index in [0.717, 1.165) is 89.9 Å². The van der Waals surface area contributed by atoms with Gasteiger partial charge in [-0.1, -0.05) is 108 Å². The van der Waals surface area contributed by atoms with E-state index >= 15 is 0 Å². The maximum Gasteiger partial charge on any atom is 0.472 e. The number of aliphatic carboxylic acids is 1. The molecule has 0 aromatic heterocycles. The van der Waals surface area contributed by atoms with E-state index in [1.165, 1.54) is 19.3 Å². The lowest BCUT2D eigenvalue weighted by molar-refractivity contribution is -0.161.